The van der Waals surface area contributed by atoms with Crippen LogP contribution in [0.4, 0.5) is 15.9 Å². The average Bonchev–Trinajstić information content (AvgIpc) is 2.47. The van der Waals surface area contributed by atoms with Gasteiger partial charge in [-0.15, -0.1) is 0 Å². The van der Waals surface area contributed by atoms with E-state index in [1.54, 1.807) is 23.1 Å². The number of hydrogen-bond donors (Lipinski definition) is 1. The third-order valence-corrected chi connectivity index (χ3v) is 3.77. The van der Waals surface area contributed by atoms with Gasteiger partial charge < -0.3 is 10.6 Å². The Hall–Kier alpha value is -2.15. The van der Waals surface area contributed by atoms with E-state index >= 15 is 0 Å². The van der Waals surface area contributed by atoms with Gasteiger partial charge in [0.25, 0.3) is 0 Å². The summed E-state index contributed by atoms with van der Waals surface area (Å²) in [6.07, 6.45) is 0. The Morgan fingerprint density at radius 2 is 2.00 bits per heavy atom. The Kier molecular flexibility index (Phi) is 5.32. The molecule has 0 atom stereocenters. The van der Waals surface area contributed by atoms with E-state index < -0.39 is 0 Å². The van der Waals surface area contributed by atoms with E-state index in [-0.39, 0.29) is 17.5 Å². The Morgan fingerprint density at radius 1 is 1.32 bits per heavy atom. The zero-order valence-electron chi connectivity index (χ0n) is 12.4. The molecule has 2 rings (SSSR count). The van der Waals surface area contributed by atoms with Crippen LogP contribution in [0.3, 0.4) is 0 Å². The molecular formula is C15H17FN4OS. The summed E-state index contributed by atoms with van der Waals surface area (Å²) in [5, 5.41) is 0.473. The zero-order valence-corrected chi connectivity index (χ0v) is 13.2. The van der Waals surface area contributed by atoms with Gasteiger partial charge in [-0.25, -0.2) is 14.4 Å². The van der Waals surface area contributed by atoms with Crippen molar-refractivity contribution in [2.45, 2.75) is 19.0 Å². The Bertz CT molecular complexity index is 643. The van der Waals surface area contributed by atoms with Gasteiger partial charge in [0.1, 0.15) is 11.6 Å². The molecule has 0 saturated heterocycles. The van der Waals surface area contributed by atoms with Crippen LogP contribution in [-0.2, 0) is 4.79 Å². The van der Waals surface area contributed by atoms with Crippen molar-refractivity contribution >= 4 is 29.2 Å². The standard InChI is InChI=1S/C15H17FN4OS/c1-3-20(12-6-4-11(16)5-7-12)14(21)9-22-15-18-10(2)8-13(17)19-15/h4-8H,3,9H2,1-2H3,(H2,17,18,19). The molecule has 0 aliphatic rings. The van der Waals surface area contributed by atoms with Crippen molar-refractivity contribution in [1.82, 2.24) is 9.97 Å². The number of benzene rings is 1. The minimum Gasteiger partial charge on any atom is -0.384 e. The SMILES string of the molecule is CCN(C(=O)CSc1nc(C)cc(N)n1)c1ccc(F)cc1. The van der Waals surface area contributed by atoms with Gasteiger partial charge in [-0.3, -0.25) is 4.79 Å². The number of thioether (sulfide) groups is 1. The monoisotopic (exact) mass is 320 g/mol. The van der Waals surface area contributed by atoms with Crippen molar-refractivity contribution in [3.05, 3.63) is 41.8 Å². The van der Waals surface area contributed by atoms with Crippen molar-refractivity contribution in [3.8, 4) is 0 Å². The predicted octanol–water partition coefficient (Wildman–Crippen LogP) is 2.65. The largest absolute Gasteiger partial charge is 0.384 e. The number of nitrogens with two attached hydrogens (primary N) is 1. The van der Waals surface area contributed by atoms with Gasteiger partial charge >= 0.3 is 0 Å². The second-order valence-electron chi connectivity index (χ2n) is 4.62. The molecule has 1 amide bonds. The molecule has 0 bridgehead atoms. The molecule has 116 valence electrons. The van der Waals surface area contributed by atoms with Crippen LogP contribution in [0.15, 0.2) is 35.5 Å². The molecule has 0 aliphatic carbocycles. The van der Waals surface area contributed by atoms with E-state index in [9.17, 15) is 9.18 Å². The summed E-state index contributed by atoms with van der Waals surface area (Å²) in [6.45, 7) is 4.19. The van der Waals surface area contributed by atoms with Crippen LogP contribution in [-0.4, -0.2) is 28.2 Å². The average molecular weight is 320 g/mol. The molecule has 5 nitrogen and oxygen atoms in total. The second-order valence-corrected chi connectivity index (χ2v) is 5.56. The zero-order chi connectivity index (χ0) is 16.1. The number of carbonyl (C=O) groups excluding carboxylic acids is 1. The highest BCUT2D eigenvalue weighted by Crippen LogP contribution is 2.19. The highest BCUT2D eigenvalue weighted by molar-refractivity contribution is 7.99. The highest BCUT2D eigenvalue weighted by atomic mass is 32.2. The number of nitrogens with zero attached hydrogens (tertiary/aromatic N) is 3. The summed E-state index contributed by atoms with van der Waals surface area (Å²) in [7, 11) is 0. The first kappa shape index (κ1) is 16.2. The molecule has 0 aliphatic heterocycles. The van der Waals surface area contributed by atoms with Crippen molar-refractivity contribution in [1.29, 1.82) is 0 Å². The van der Waals surface area contributed by atoms with Crippen molar-refractivity contribution < 1.29 is 9.18 Å². The fourth-order valence-corrected chi connectivity index (χ4v) is 2.74. The normalized spacial score (nSPS) is 10.5. The molecule has 1 aromatic heterocycles. The first-order valence-corrected chi connectivity index (χ1v) is 7.78. The lowest BCUT2D eigenvalue weighted by Crippen LogP contribution is -2.32. The summed E-state index contributed by atoms with van der Waals surface area (Å²) in [5.41, 5.74) is 7.09. The number of amides is 1. The number of aromatic nitrogens is 2. The van der Waals surface area contributed by atoms with Crippen LogP contribution < -0.4 is 10.6 Å². The molecule has 7 heteroatoms. The maximum absolute atomic E-state index is 13.0. The molecule has 0 unspecified atom stereocenters. The van der Waals surface area contributed by atoms with Gasteiger partial charge in [0.05, 0.1) is 5.75 Å². The minimum absolute atomic E-state index is 0.0946. The van der Waals surface area contributed by atoms with E-state index in [1.165, 1.54) is 23.9 Å². The number of hydrogen-bond acceptors (Lipinski definition) is 5. The second kappa shape index (κ2) is 7.22. The van der Waals surface area contributed by atoms with E-state index in [1.807, 2.05) is 13.8 Å². The summed E-state index contributed by atoms with van der Waals surface area (Å²) in [4.78, 5) is 22.2. The van der Waals surface area contributed by atoms with Gasteiger partial charge in [0, 0.05) is 24.0 Å². The Morgan fingerprint density at radius 3 is 2.59 bits per heavy atom. The molecule has 0 saturated carbocycles. The van der Waals surface area contributed by atoms with E-state index in [4.69, 9.17) is 5.73 Å². The molecule has 0 fully saturated rings. The molecule has 1 aromatic carbocycles. The van der Waals surface area contributed by atoms with Crippen LogP contribution in [0.25, 0.3) is 0 Å². The smallest absolute Gasteiger partial charge is 0.237 e. The highest BCUT2D eigenvalue weighted by Gasteiger charge is 2.15. The molecule has 2 N–H and O–H groups in total. The van der Waals surface area contributed by atoms with Crippen LogP contribution in [0.2, 0.25) is 0 Å². The molecule has 2 aromatic rings. The number of aryl methyl sites for hydroxylation is 1. The quantitative estimate of drug-likeness (QED) is 0.677. The summed E-state index contributed by atoms with van der Waals surface area (Å²) in [5.74, 6) is 0.148. The molecular weight excluding hydrogens is 303 g/mol. The van der Waals surface area contributed by atoms with Crippen LogP contribution in [0, 0.1) is 12.7 Å². The van der Waals surface area contributed by atoms with Gasteiger partial charge in [-0.05, 0) is 38.1 Å². The minimum atomic E-state index is -0.328. The summed E-state index contributed by atoms with van der Waals surface area (Å²) < 4.78 is 13.0. The van der Waals surface area contributed by atoms with Crippen LogP contribution in [0.5, 0.6) is 0 Å². The van der Waals surface area contributed by atoms with Gasteiger partial charge in [0.15, 0.2) is 5.16 Å². The van der Waals surface area contributed by atoms with Gasteiger partial charge in [0.2, 0.25) is 5.91 Å². The van der Waals surface area contributed by atoms with Crippen molar-refractivity contribution in [2.24, 2.45) is 0 Å². The Balaban J connectivity index is 2.04. The molecule has 22 heavy (non-hydrogen) atoms. The van der Waals surface area contributed by atoms with Gasteiger partial charge in [-0.2, -0.15) is 0 Å². The molecule has 0 spiro atoms. The van der Waals surface area contributed by atoms with Crippen LogP contribution in [0.1, 0.15) is 12.6 Å². The van der Waals surface area contributed by atoms with Gasteiger partial charge in [-0.1, -0.05) is 11.8 Å². The maximum atomic E-state index is 13.0. The third-order valence-electron chi connectivity index (χ3n) is 2.93. The fourth-order valence-electron chi connectivity index (χ4n) is 1.96. The number of carbonyl (C=O) groups is 1. The van der Waals surface area contributed by atoms with E-state index in [0.717, 1.165) is 5.69 Å². The fraction of sp³-hybridized carbons (Fsp3) is 0.267. The van der Waals surface area contributed by atoms with E-state index in [0.29, 0.717) is 23.2 Å². The number of nitrogen functional groups attached to an aromatic ring is 1. The summed E-state index contributed by atoms with van der Waals surface area (Å²) >= 11 is 1.23. The predicted molar refractivity (Wildman–Crippen MR) is 86.3 cm³/mol. The topological polar surface area (TPSA) is 72.1 Å². The van der Waals surface area contributed by atoms with E-state index in [2.05, 4.69) is 9.97 Å². The number of anilines is 2. The van der Waals surface area contributed by atoms with Crippen LogP contribution >= 0.6 is 11.8 Å². The molecule has 1 heterocycles. The number of halogens is 1. The van der Waals surface area contributed by atoms with Crippen molar-refractivity contribution in [3.63, 3.8) is 0 Å². The Labute approximate surface area is 132 Å². The number of rotatable bonds is 5. The molecule has 0 radical (unpaired) electrons. The lowest BCUT2D eigenvalue weighted by atomic mass is 10.3. The maximum Gasteiger partial charge on any atom is 0.237 e. The van der Waals surface area contributed by atoms with Crippen molar-refractivity contribution in [2.75, 3.05) is 22.9 Å². The third kappa shape index (κ3) is 4.17. The first-order chi connectivity index (χ1) is 10.5. The lowest BCUT2D eigenvalue weighted by Gasteiger charge is -2.20. The lowest BCUT2D eigenvalue weighted by molar-refractivity contribution is -0.116. The summed E-state index contributed by atoms with van der Waals surface area (Å²) in [6, 6.07) is 7.51. The first-order valence-electron chi connectivity index (χ1n) is 6.79.